The second-order valence-corrected chi connectivity index (χ2v) is 11.4. The van der Waals surface area contributed by atoms with Crippen LogP contribution in [-0.4, -0.2) is 16.8 Å². The van der Waals surface area contributed by atoms with Crippen LogP contribution in [0, 0.1) is 0 Å². The van der Waals surface area contributed by atoms with Gasteiger partial charge in [-0.25, -0.2) is 13.8 Å². The molecule has 0 radical (unpaired) electrons. The van der Waals surface area contributed by atoms with Crippen LogP contribution < -0.4 is 15.8 Å². The molecule has 7 nitrogen and oxygen atoms in total. The number of thiophene rings is 1. The molecule has 0 atom stereocenters. The van der Waals surface area contributed by atoms with Crippen molar-refractivity contribution in [3.05, 3.63) is 71.0 Å². The molecule has 15 heteroatoms. The molecular formula is C24H14Cl5F2N3O4S. The number of rotatable bonds is 8. The molecule has 0 aliphatic heterocycles. The Labute approximate surface area is 248 Å². The third kappa shape index (κ3) is 5.38. The average molecular weight is 656 g/mol. The van der Waals surface area contributed by atoms with E-state index in [-0.39, 0.29) is 70.3 Å². The van der Waals surface area contributed by atoms with Crippen LogP contribution in [0.3, 0.4) is 0 Å². The van der Waals surface area contributed by atoms with Crippen LogP contribution in [0.25, 0.3) is 10.2 Å². The monoisotopic (exact) mass is 653 g/mol. The SMILES string of the molecule is NC(=O)c1sc2nc(C(F)F)cc(C3CC3)c2c1NC(=O)c1ccc(COc2c(Cl)c(Cl)c(Cl)c(Cl)c2Cl)o1. The number of carbonyl (C=O) groups excluding carboxylic acids is 2. The molecule has 1 aliphatic rings. The molecule has 1 aromatic carbocycles. The molecule has 1 aliphatic carbocycles. The minimum atomic E-state index is -2.79. The van der Waals surface area contributed by atoms with Gasteiger partial charge in [0.25, 0.3) is 18.2 Å². The van der Waals surface area contributed by atoms with E-state index in [1.807, 2.05) is 0 Å². The van der Waals surface area contributed by atoms with Crippen LogP contribution in [0.1, 0.15) is 62.4 Å². The van der Waals surface area contributed by atoms with Gasteiger partial charge in [0.1, 0.15) is 37.8 Å². The Morgan fingerprint density at radius 1 is 1.10 bits per heavy atom. The molecule has 2 amide bonds. The van der Waals surface area contributed by atoms with Gasteiger partial charge in [-0.15, -0.1) is 11.3 Å². The predicted octanol–water partition coefficient (Wildman–Crippen LogP) is 8.90. The minimum Gasteiger partial charge on any atom is -0.482 e. The molecule has 0 unspecified atom stereocenters. The predicted molar refractivity (Wildman–Crippen MR) is 148 cm³/mol. The highest BCUT2D eigenvalue weighted by Crippen LogP contribution is 2.49. The standard InChI is InChI=1S/C24H14Cl5F2N3O4S/c25-13-14(26)16(28)19(17(29)15(13)27)37-6-8-3-4-11(38-8)23(36)34-18-12-9(7-1-2-7)5-10(21(30)31)33-24(12)39-20(18)22(32)35/h3-5,7,21H,1-2,6H2,(H2,32,35)(H,34,36). The molecule has 0 spiro atoms. The zero-order chi connectivity index (χ0) is 28.2. The van der Waals surface area contributed by atoms with E-state index in [1.165, 1.54) is 18.2 Å². The Bertz CT molecular complexity index is 1630. The fraction of sp³-hybridized carbons (Fsp3) is 0.208. The molecule has 0 bridgehead atoms. The van der Waals surface area contributed by atoms with Gasteiger partial charge in [0, 0.05) is 5.39 Å². The number of primary amides is 1. The molecule has 39 heavy (non-hydrogen) atoms. The Hall–Kier alpha value is -2.34. The Morgan fingerprint density at radius 2 is 1.74 bits per heavy atom. The highest BCUT2D eigenvalue weighted by Gasteiger charge is 2.32. The second-order valence-electron chi connectivity index (χ2n) is 8.47. The number of nitrogens with zero attached hydrogens (tertiary/aromatic N) is 1. The number of carbonyl (C=O) groups is 2. The van der Waals surface area contributed by atoms with E-state index in [0.717, 1.165) is 24.2 Å². The number of aromatic nitrogens is 1. The van der Waals surface area contributed by atoms with Gasteiger partial charge in [-0.3, -0.25) is 9.59 Å². The molecule has 204 valence electrons. The van der Waals surface area contributed by atoms with E-state index < -0.39 is 23.9 Å². The molecule has 1 fully saturated rings. The molecule has 3 N–H and O–H groups in total. The van der Waals surface area contributed by atoms with Crippen molar-refractivity contribution in [2.45, 2.75) is 31.8 Å². The van der Waals surface area contributed by atoms with Gasteiger partial charge in [0.2, 0.25) is 0 Å². The van der Waals surface area contributed by atoms with Crippen LogP contribution in [-0.2, 0) is 6.61 Å². The van der Waals surface area contributed by atoms with E-state index >= 15 is 0 Å². The van der Waals surface area contributed by atoms with Crippen molar-refractivity contribution >= 4 is 97.1 Å². The maximum absolute atomic E-state index is 13.5. The molecule has 1 saturated carbocycles. The van der Waals surface area contributed by atoms with Crippen molar-refractivity contribution in [3.8, 4) is 5.75 Å². The van der Waals surface area contributed by atoms with Gasteiger partial charge < -0.3 is 20.2 Å². The number of furan rings is 1. The number of benzene rings is 1. The number of halogens is 7. The number of hydrogen-bond donors (Lipinski definition) is 2. The van der Waals surface area contributed by atoms with E-state index in [1.54, 1.807) is 0 Å². The molecule has 4 aromatic rings. The average Bonchev–Trinajstić information content (AvgIpc) is 3.53. The number of fused-ring (bicyclic) bond motifs is 1. The van der Waals surface area contributed by atoms with Crippen LogP contribution in [0.15, 0.2) is 22.6 Å². The first-order chi connectivity index (χ1) is 18.5. The number of nitrogens with two attached hydrogens (primary N) is 1. The lowest BCUT2D eigenvalue weighted by molar-refractivity contribution is 0.0992. The summed E-state index contributed by atoms with van der Waals surface area (Å²) in [6, 6.07) is 4.17. The topological polar surface area (TPSA) is 107 Å². The lowest BCUT2D eigenvalue weighted by Gasteiger charge is -2.13. The number of anilines is 1. The fourth-order valence-corrected chi connectivity index (χ4v) is 6.13. The third-order valence-corrected chi connectivity index (χ3v) is 9.17. The Balaban J connectivity index is 1.42. The first kappa shape index (κ1) is 28.2. The van der Waals surface area contributed by atoms with Gasteiger partial charge >= 0.3 is 0 Å². The first-order valence-corrected chi connectivity index (χ1v) is 13.8. The lowest BCUT2D eigenvalue weighted by Crippen LogP contribution is -2.16. The molecule has 3 aromatic heterocycles. The summed E-state index contributed by atoms with van der Waals surface area (Å²) in [5, 5.41) is 2.82. The highest BCUT2D eigenvalue weighted by molar-refractivity contribution is 7.21. The second kappa shape index (κ2) is 10.9. The Kier molecular flexibility index (Phi) is 7.89. The maximum atomic E-state index is 13.5. The molecule has 3 heterocycles. The van der Waals surface area contributed by atoms with Crippen LogP contribution in [0.4, 0.5) is 14.5 Å². The molecular weight excluding hydrogens is 642 g/mol. The van der Waals surface area contributed by atoms with E-state index in [9.17, 15) is 18.4 Å². The lowest BCUT2D eigenvalue weighted by atomic mass is 10.0. The number of hydrogen-bond acceptors (Lipinski definition) is 6. The van der Waals surface area contributed by atoms with E-state index in [0.29, 0.717) is 10.9 Å². The van der Waals surface area contributed by atoms with E-state index in [4.69, 9.17) is 72.9 Å². The van der Waals surface area contributed by atoms with Crippen molar-refractivity contribution in [2.75, 3.05) is 5.32 Å². The van der Waals surface area contributed by atoms with Crippen LogP contribution >= 0.6 is 69.3 Å². The smallest absolute Gasteiger partial charge is 0.291 e. The summed E-state index contributed by atoms with van der Waals surface area (Å²) in [6.45, 7) is -0.207. The summed E-state index contributed by atoms with van der Waals surface area (Å²) in [5.41, 5.74) is 5.82. The van der Waals surface area contributed by atoms with Crippen molar-refractivity contribution in [3.63, 3.8) is 0 Å². The Morgan fingerprint density at radius 3 is 2.33 bits per heavy atom. The summed E-state index contributed by atoms with van der Waals surface area (Å²) in [4.78, 5) is 29.5. The zero-order valence-corrected chi connectivity index (χ0v) is 23.8. The van der Waals surface area contributed by atoms with Gasteiger partial charge in [0.15, 0.2) is 11.5 Å². The normalized spacial score (nSPS) is 13.3. The van der Waals surface area contributed by atoms with Crippen molar-refractivity contribution in [1.82, 2.24) is 4.98 Å². The van der Waals surface area contributed by atoms with Gasteiger partial charge in [-0.05, 0) is 42.5 Å². The number of alkyl halides is 2. The summed E-state index contributed by atoms with van der Waals surface area (Å²) >= 11 is 31.3. The van der Waals surface area contributed by atoms with E-state index in [2.05, 4.69) is 10.3 Å². The number of ether oxygens (including phenoxy) is 1. The molecule has 5 rings (SSSR count). The summed E-state index contributed by atoms with van der Waals surface area (Å²) < 4.78 is 38.1. The fourth-order valence-electron chi connectivity index (χ4n) is 3.88. The van der Waals surface area contributed by atoms with Crippen molar-refractivity contribution in [2.24, 2.45) is 5.73 Å². The number of pyridine rings is 1. The minimum absolute atomic E-state index is 0.0138. The number of amides is 2. The highest BCUT2D eigenvalue weighted by atomic mass is 35.5. The van der Waals surface area contributed by atoms with Crippen molar-refractivity contribution < 1.29 is 27.5 Å². The first-order valence-electron chi connectivity index (χ1n) is 11.1. The van der Waals surface area contributed by atoms with Gasteiger partial charge in [-0.2, -0.15) is 0 Å². The van der Waals surface area contributed by atoms with Crippen molar-refractivity contribution in [1.29, 1.82) is 0 Å². The van der Waals surface area contributed by atoms with Gasteiger partial charge in [0.05, 0.1) is 20.8 Å². The quantitative estimate of drug-likeness (QED) is 0.146. The summed E-state index contributed by atoms with van der Waals surface area (Å²) in [5.74, 6) is -1.48. The van der Waals surface area contributed by atoms with Crippen LogP contribution in [0.5, 0.6) is 5.75 Å². The largest absolute Gasteiger partial charge is 0.482 e. The summed E-state index contributed by atoms with van der Waals surface area (Å²) in [7, 11) is 0. The zero-order valence-electron chi connectivity index (χ0n) is 19.2. The third-order valence-electron chi connectivity index (χ3n) is 5.83. The van der Waals surface area contributed by atoms with Crippen LogP contribution in [0.2, 0.25) is 25.1 Å². The molecule has 0 saturated heterocycles. The van der Waals surface area contributed by atoms with Gasteiger partial charge in [-0.1, -0.05) is 58.0 Å². The summed E-state index contributed by atoms with van der Waals surface area (Å²) in [6.07, 6.45) is -1.22. The maximum Gasteiger partial charge on any atom is 0.291 e. The number of nitrogens with one attached hydrogen (secondary N) is 1.